The van der Waals surface area contributed by atoms with Crippen molar-refractivity contribution in [3.63, 3.8) is 0 Å². The van der Waals surface area contributed by atoms with Crippen LogP contribution in [0.4, 0.5) is 0 Å². The van der Waals surface area contributed by atoms with Gasteiger partial charge in [0.05, 0.1) is 6.10 Å². The first-order valence-electron chi connectivity index (χ1n) is 7.17. The molecular formula is C15H26O3. The second kappa shape index (κ2) is 4.93. The van der Waals surface area contributed by atoms with Gasteiger partial charge < -0.3 is 9.47 Å². The number of ether oxygens (including phenoxy) is 2. The van der Waals surface area contributed by atoms with Crippen LogP contribution in [0.1, 0.15) is 66.2 Å². The number of hydrogen-bond acceptors (Lipinski definition) is 3. The third kappa shape index (κ3) is 3.12. The lowest BCUT2D eigenvalue weighted by Gasteiger charge is -2.32. The van der Waals surface area contributed by atoms with Crippen LogP contribution in [0.3, 0.4) is 0 Å². The average molecular weight is 254 g/mol. The van der Waals surface area contributed by atoms with E-state index in [2.05, 4.69) is 20.8 Å². The summed E-state index contributed by atoms with van der Waals surface area (Å²) in [5, 5.41) is 0. The van der Waals surface area contributed by atoms with Crippen molar-refractivity contribution in [2.45, 2.75) is 84.2 Å². The largest absolute Gasteiger partial charge is 0.343 e. The van der Waals surface area contributed by atoms with Crippen molar-refractivity contribution in [2.75, 3.05) is 0 Å². The van der Waals surface area contributed by atoms with Crippen molar-refractivity contribution in [1.29, 1.82) is 0 Å². The smallest absolute Gasteiger partial charge is 0.169 e. The van der Waals surface area contributed by atoms with Crippen LogP contribution in [0.5, 0.6) is 0 Å². The summed E-state index contributed by atoms with van der Waals surface area (Å²) < 4.78 is 12.2. The van der Waals surface area contributed by atoms with Gasteiger partial charge in [-0.3, -0.25) is 4.79 Å². The molecule has 1 aliphatic heterocycles. The fourth-order valence-corrected chi connectivity index (χ4v) is 3.10. The predicted molar refractivity (Wildman–Crippen MR) is 70.3 cm³/mol. The summed E-state index contributed by atoms with van der Waals surface area (Å²) in [4.78, 5) is 11.8. The maximum atomic E-state index is 11.8. The normalized spacial score (nSPS) is 31.8. The topological polar surface area (TPSA) is 35.5 Å². The van der Waals surface area contributed by atoms with Crippen LogP contribution in [0, 0.1) is 5.41 Å². The van der Waals surface area contributed by atoms with Crippen molar-refractivity contribution in [1.82, 2.24) is 0 Å². The van der Waals surface area contributed by atoms with Crippen LogP contribution in [-0.2, 0) is 14.3 Å². The molecule has 104 valence electrons. The SMILES string of the molecule is CC(=O)C1OC2(CCCCC2)OC1CC(C)(C)C. The van der Waals surface area contributed by atoms with Crippen molar-refractivity contribution in [3.8, 4) is 0 Å². The Labute approximate surface area is 110 Å². The fraction of sp³-hybridized carbons (Fsp3) is 0.933. The van der Waals surface area contributed by atoms with E-state index < -0.39 is 5.79 Å². The van der Waals surface area contributed by atoms with Gasteiger partial charge in [0.25, 0.3) is 0 Å². The molecule has 0 N–H and O–H groups in total. The highest BCUT2D eigenvalue weighted by Gasteiger charge is 2.50. The molecule has 1 saturated carbocycles. The first-order valence-corrected chi connectivity index (χ1v) is 7.17. The highest BCUT2D eigenvalue weighted by Crippen LogP contribution is 2.43. The van der Waals surface area contributed by atoms with Crippen LogP contribution in [0.25, 0.3) is 0 Å². The highest BCUT2D eigenvalue weighted by atomic mass is 16.8. The monoisotopic (exact) mass is 254 g/mol. The quantitative estimate of drug-likeness (QED) is 0.757. The summed E-state index contributed by atoms with van der Waals surface area (Å²) in [7, 11) is 0. The van der Waals surface area contributed by atoms with Gasteiger partial charge in [-0.05, 0) is 31.6 Å². The molecule has 18 heavy (non-hydrogen) atoms. The number of rotatable bonds is 2. The van der Waals surface area contributed by atoms with Crippen LogP contribution in [0.2, 0.25) is 0 Å². The summed E-state index contributed by atoms with van der Waals surface area (Å²) in [5.74, 6) is -0.350. The lowest BCUT2D eigenvalue weighted by atomic mass is 9.87. The Morgan fingerprint density at radius 2 is 1.78 bits per heavy atom. The molecule has 3 nitrogen and oxygen atoms in total. The van der Waals surface area contributed by atoms with Gasteiger partial charge in [0.15, 0.2) is 11.6 Å². The zero-order valence-electron chi connectivity index (χ0n) is 12.1. The summed E-state index contributed by atoms with van der Waals surface area (Å²) in [5.41, 5.74) is 0.155. The van der Waals surface area contributed by atoms with E-state index >= 15 is 0 Å². The minimum Gasteiger partial charge on any atom is -0.343 e. The Hall–Kier alpha value is -0.410. The van der Waals surface area contributed by atoms with E-state index in [1.165, 1.54) is 6.42 Å². The van der Waals surface area contributed by atoms with E-state index in [0.29, 0.717) is 0 Å². The Bertz CT molecular complexity index is 310. The Balaban J connectivity index is 2.10. The van der Waals surface area contributed by atoms with Gasteiger partial charge in [-0.2, -0.15) is 0 Å². The lowest BCUT2D eigenvalue weighted by Crippen LogP contribution is -2.34. The van der Waals surface area contributed by atoms with E-state index in [1.54, 1.807) is 6.92 Å². The first kappa shape index (κ1) is 14.0. The molecule has 0 aromatic carbocycles. The minimum atomic E-state index is -0.454. The third-order valence-corrected chi connectivity index (χ3v) is 3.88. The highest BCUT2D eigenvalue weighted by molar-refractivity contribution is 5.81. The molecular weight excluding hydrogens is 228 g/mol. The molecule has 0 aromatic rings. The summed E-state index contributed by atoms with van der Waals surface area (Å²) >= 11 is 0. The molecule has 2 fully saturated rings. The van der Waals surface area contributed by atoms with Gasteiger partial charge in [0, 0.05) is 12.8 Å². The van der Waals surface area contributed by atoms with Crippen molar-refractivity contribution in [2.24, 2.45) is 5.41 Å². The minimum absolute atomic E-state index is 0.0689. The predicted octanol–water partition coefficient (Wildman–Crippen LogP) is 3.46. The molecule has 1 heterocycles. The van der Waals surface area contributed by atoms with Crippen LogP contribution < -0.4 is 0 Å². The number of hydrogen-bond donors (Lipinski definition) is 0. The van der Waals surface area contributed by atoms with Gasteiger partial charge in [-0.25, -0.2) is 0 Å². The van der Waals surface area contributed by atoms with Gasteiger partial charge >= 0.3 is 0 Å². The average Bonchev–Trinajstić information content (AvgIpc) is 2.55. The summed E-state index contributed by atoms with van der Waals surface area (Å²) in [6, 6.07) is 0. The van der Waals surface area contributed by atoms with Gasteiger partial charge in [-0.1, -0.05) is 27.2 Å². The Morgan fingerprint density at radius 1 is 1.17 bits per heavy atom. The van der Waals surface area contributed by atoms with Gasteiger partial charge in [-0.15, -0.1) is 0 Å². The summed E-state index contributed by atoms with van der Waals surface area (Å²) in [6.45, 7) is 8.16. The molecule has 0 aromatic heterocycles. The molecule has 0 bridgehead atoms. The first-order chi connectivity index (χ1) is 8.31. The maximum absolute atomic E-state index is 11.8. The molecule has 1 aliphatic carbocycles. The van der Waals surface area contributed by atoms with Crippen molar-refractivity contribution in [3.05, 3.63) is 0 Å². The second-order valence-corrected chi connectivity index (χ2v) is 7.04. The van der Waals surface area contributed by atoms with E-state index in [1.807, 2.05) is 0 Å². The van der Waals surface area contributed by atoms with Crippen molar-refractivity contribution >= 4 is 5.78 Å². The lowest BCUT2D eigenvalue weighted by molar-refractivity contribution is -0.196. The second-order valence-electron chi connectivity index (χ2n) is 7.04. The van der Waals surface area contributed by atoms with Crippen molar-refractivity contribution < 1.29 is 14.3 Å². The number of carbonyl (C=O) groups is 1. The van der Waals surface area contributed by atoms with Gasteiger partial charge in [0.2, 0.25) is 0 Å². The molecule has 1 spiro atoms. The third-order valence-electron chi connectivity index (χ3n) is 3.88. The standard InChI is InChI=1S/C15H26O3/c1-11(16)13-12(10-14(2,3)4)17-15(18-13)8-6-5-7-9-15/h12-13H,5-10H2,1-4H3. The maximum Gasteiger partial charge on any atom is 0.169 e. The molecule has 2 unspecified atom stereocenters. The molecule has 3 heteroatoms. The van der Waals surface area contributed by atoms with Crippen LogP contribution in [-0.4, -0.2) is 23.8 Å². The zero-order valence-corrected chi connectivity index (χ0v) is 12.1. The zero-order chi connectivity index (χ0) is 13.4. The van der Waals surface area contributed by atoms with E-state index in [9.17, 15) is 4.79 Å². The molecule has 2 atom stereocenters. The molecule has 0 radical (unpaired) electrons. The Morgan fingerprint density at radius 3 is 2.28 bits per heavy atom. The molecule has 2 aliphatic rings. The number of ketones is 1. The molecule has 2 rings (SSSR count). The fourth-order valence-electron chi connectivity index (χ4n) is 3.10. The van der Waals surface area contributed by atoms with E-state index in [4.69, 9.17) is 9.47 Å². The molecule has 0 amide bonds. The molecule has 1 saturated heterocycles. The number of carbonyl (C=O) groups excluding carboxylic acids is 1. The van der Waals surface area contributed by atoms with Crippen LogP contribution in [0.15, 0.2) is 0 Å². The number of Topliss-reactive ketones (excluding diaryl/α,β-unsaturated/α-hetero) is 1. The van der Waals surface area contributed by atoms with E-state index in [-0.39, 0.29) is 23.4 Å². The Kier molecular flexibility index (Phi) is 3.84. The van der Waals surface area contributed by atoms with E-state index in [0.717, 1.165) is 32.1 Å². The van der Waals surface area contributed by atoms with Crippen LogP contribution >= 0.6 is 0 Å². The van der Waals surface area contributed by atoms with Gasteiger partial charge in [0.1, 0.15) is 6.10 Å². The summed E-state index contributed by atoms with van der Waals surface area (Å²) in [6.07, 6.45) is 5.87.